The number of nitrogens with one attached hydrogen (secondary N) is 1. The summed E-state index contributed by atoms with van der Waals surface area (Å²) in [6, 6.07) is 10.8. The van der Waals surface area contributed by atoms with Crippen LogP contribution < -0.4 is 11.1 Å². The van der Waals surface area contributed by atoms with E-state index in [2.05, 4.69) is 11.4 Å². The topological polar surface area (TPSA) is 38.0 Å². The first kappa shape index (κ1) is 13.5. The largest absolute Gasteiger partial charge is 0.389 e. The molecule has 0 spiro atoms. The van der Waals surface area contributed by atoms with Crippen LogP contribution in [0.1, 0.15) is 16.7 Å². The zero-order valence-corrected chi connectivity index (χ0v) is 11.6. The van der Waals surface area contributed by atoms with E-state index >= 15 is 0 Å². The molecule has 0 amide bonds. The first-order valence-electron chi connectivity index (χ1n) is 5.90. The monoisotopic (exact) mass is 274 g/mol. The van der Waals surface area contributed by atoms with Crippen LogP contribution in [0.15, 0.2) is 36.4 Å². The number of hydrogen-bond donors (Lipinski definition) is 2. The Morgan fingerprint density at radius 3 is 2.21 bits per heavy atom. The smallest absolute Gasteiger partial charge is 0.135 e. The fourth-order valence-electron chi connectivity index (χ4n) is 2.01. The predicted octanol–water partition coefficient (Wildman–Crippen LogP) is 3.82. The molecular weight excluding hydrogens is 259 g/mol. The minimum atomic E-state index is -0.415. The summed E-state index contributed by atoms with van der Waals surface area (Å²) in [4.78, 5) is 0.0652. The number of nitrogens with two attached hydrogens (primary N) is 1. The number of thiocarbonyl (C=S) groups is 1. The average Bonchev–Trinajstić information content (AvgIpc) is 2.26. The van der Waals surface area contributed by atoms with Gasteiger partial charge in [0.1, 0.15) is 10.8 Å². The summed E-state index contributed by atoms with van der Waals surface area (Å²) in [6.07, 6.45) is 0. The lowest BCUT2D eigenvalue weighted by molar-refractivity contribution is 0.626. The number of anilines is 2. The van der Waals surface area contributed by atoms with Crippen LogP contribution in [0.2, 0.25) is 0 Å². The van der Waals surface area contributed by atoms with Gasteiger partial charge in [0.2, 0.25) is 0 Å². The minimum absolute atomic E-state index is 0.0652. The summed E-state index contributed by atoms with van der Waals surface area (Å²) in [6.45, 7) is 4.05. The molecule has 0 heterocycles. The van der Waals surface area contributed by atoms with Crippen molar-refractivity contribution in [1.29, 1.82) is 0 Å². The van der Waals surface area contributed by atoms with Crippen molar-refractivity contribution < 1.29 is 4.39 Å². The van der Waals surface area contributed by atoms with Crippen LogP contribution in [-0.4, -0.2) is 4.99 Å². The third-order valence-corrected chi connectivity index (χ3v) is 2.96. The summed E-state index contributed by atoms with van der Waals surface area (Å²) in [5, 5.41) is 3.17. The summed E-state index contributed by atoms with van der Waals surface area (Å²) in [5.74, 6) is -0.415. The summed E-state index contributed by atoms with van der Waals surface area (Å²) >= 11 is 4.77. The first-order chi connectivity index (χ1) is 8.95. The second-order valence-corrected chi connectivity index (χ2v) is 5.00. The van der Waals surface area contributed by atoms with Gasteiger partial charge in [-0.15, -0.1) is 0 Å². The highest BCUT2D eigenvalue weighted by molar-refractivity contribution is 7.80. The van der Waals surface area contributed by atoms with Gasteiger partial charge in [0.05, 0.1) is 0 Å². The van der Waals surface area contributed by atoms with Crippen LogP contribution in [0.25, 0.3) is 0 Å². The molecule has 0 unspecified atom stereocenters. The van der Waals surface area contributed by atoms with Gasteiger partial charge >= 0.3 is 0 Å². The highest BCUT2D eigenvalue weighted by Crippen LogP contribution is 2.21. The zero-order chi connectivity index (χ0) is 14.0. The minimum Gasteiger partial charge on any atom is -0.389 e. The van der Waals surface area contributed by atoms with Crippen LogP contribution in [-0.2, 0) is 0 Å². The number of benzene rings is 2. The predicted molar refractivity (Wildman–Crippen MR) is 81.5 cm³/mol. The van der Waals surface area contributed by atoms with E-state index in [4.69, 9.17) is 18.0 Å². The molecule has 2 aromatic carbocycles. The lowest BCUT2D eigenvalue weighted by atomic mass is 10.1. The van der Waals surface area contributed by atoms with Gasteiger partial charge in [0, 0.05) is 16.9 Å². The molecule has 0 aromatic heterocycles. The molecule has 2 aromatic rings. The Morgan fingerprint density at radius 2 is 1.68 bits per heavy atom. The number of rotatable bonds is 3. The maximum absolute atomic E-state index is 13.8. The Labute approximate surface area is 117 Å². The molecule has 0 saturated heterocycles. The number of hydrogen-bond acceptors (Lipinski definition) is 2. The van der Waals surface area contributed by atoms with E-state index in [9.17, 15) is 4.39 Å². The molecule has 0 saturated carbocycles. The molecule has 2 nitrogen and oxygen atoms in total. The quantitative estimate of drug-likeness (QED) is 0.836. The van der Waals surface area contributed by atoms with Crippen molar-refractivity contribution in [3.63, 3.8) is 0 Å². The van der Waals surface area contributed by atoms with Crippen LogP contribution >= 0.6 is 12.2 Å². The highest BCUT2D eigenvalue weighted by Gasteiger charge is 2.06. The molecule has 0 aliphatic carbocycles. The van der Waals surface area contributed by atoms with Gasteiger partial charge in [-0.3, -0.25) is 0 Å². The van der Waals surface area contributed by atoms with Crippen molar-refractivity contribution >= 4 is 28.6 Å². The van der Waals surface area contributed by atoms with Crippen molar-refractivity contribution in [1.82, 2.24) is 0 Å². The van der Waals surface area contributed by atoms with E-state index in [1.165, 1.54) is 6.07 Å². The fourth-order valence-corrected chi connectivity index (χ4v) is 2.17. The van der Waals surface area contributed by atoms with Crippen molar-refractivity contribution in [3.8, 4) is 0 Å². The van der Waals surface area contributed by atoms with E-state index in [-0.39, 0.29) is 10.6 Å². The van der Waals surface area contributed by atoms with E-state index in [0.29, 0.717) is 5.69 Å². The van der Waals surface area contributed by atoms with Crippen molar-refractivity contribution in [3.05, 3.63) is 58.9 Å². The van der Waals surface area contributed by atoms with E-state index in [1.54, 1.807) is 12.1 Å². The molecule has 0 bridgehead atoms. The molecule has 4 heteroatoms. The van der Waals surface area contributed by atoms with Crippen LogP contribution in [0.5, 0.6) is 0 Å². The molecule has 3 N–H and O–H groups in total. The summed E-state index contributed by atoms with van der Waals surface area (Å²) in [5.41, 5.74) is 9.60. The maximum atomic E-state index is 13.8. The molecule has 19 heavy (non-hydrogen) atoms. The van der Waals surface area contributed by atoms with Crippen LogP contribution in [0, 0.1) is 19.7 Å². The average molecular weight is 274 g/mol. The summed E-state index contributed by atoms with van der Waals surface area (Å²) < 4.78 is 13.8. The van der Waals surface area contributed by atoms with E-state index in [0.717, 1.165) is 16.8 Å². The SMILES string of the molecule is Cc1cc(C)cc(Nc2ccc(C(N)=S)c(F)c2)c1. The van der Waals surface area contributed by atoms with Gasteiger partial charge in [-0.2, -0.15) is 0 Å². The Kier molecular flexibility index (Phi) is 3.81. The Morgan fingerprint density at radius 1 is 1.05 bits per heavy atom. The van der Waals surface area contributed by atoms with Crippen molar-refractivity contribution in [2.75, 3.05) is 5.32 Å². The molecule has 2 rings (SSSR count). The van der Waals surface area contributed by atoms with Crippen molar-refractivity contribution in [2.24, 2.45) is 5.73 Å². The third-order valence-electron chi connectivity index (χ3n) is 2.74. The second kappa shape index (κ2) is 5.36. The van der Waals surface area contributed by atoms with Crippen molar-refractivity contribution in [2.45, 2.75) is 13.8 Å². The van der Waals surface area contributed by atoms with Gasteiger partial charge < -0.3 is 11.1 Å². The lowest BCUT2D eigenvalue weighted by Crippen LogP contribution is -2.11. The number of aryl methyl sites for hydroxylation is 2. The zero-order valence-electron chi connectivity index (χ0n) is 10.8. The van der Waals surface area contributed by atoms with Crippen LogP contribution in [0.3, 0.4) is 0 Å². The molecule has 0 fully saturated rings. The lowest BCUT2D eigenvalue weighted by Gasteiger charge is -2.10. The van der Waals surface area contributed by atoms with E-state index in [1.807, 2.05) is 26.0 Å². The standard InChI is InChI=1S/C15H15FN2S/c1-9-5-10(2)7-12(6-9)18-11-3-4-13(15(17)19)14(16)8-11/h3-8,18H,1-2H3,(H2,17,19). The van der Waals surface area contributed by atoms with Gasteiger partial charge in [-0.25, -0.2) is 4.39 Å². The van der Waals surface area contributed by atoms with Gasteiger partial charge in [0.25, 0.3) is 0 Å². The van der Waals surface area contributed by atoms with Gasteiger partial charge in [-0.05, 0) is 55.3 Å². The second-order valence-electron chi connectivity index (χ2n) is 4.56. The maximum Gasteiger partial charge on any atom is 0.135 e. The Balaban J connectivity index is 2.28. The first-order valence-corrected chi connectivity index (χ1v) is 6.31. The molecule has 98 valence electrons. The van der Waals surface area contributed by atoms with E-state index < -0.39 is 5.82 Å². The molecular formula is C15H15FN2S. The number of halogens is 1. The Hall–Kier alpha value is -1.94. The molecule has 0 aliphatic heterocycles. The molecule has 0 aliphatic rings. The fraction of sp³-hybridized carbons (Fsp3) is 0.133. The molecule has 0 atom stereocenters. The summed E-state index contributed by atoms with van der Waals surface area (Å²) in [7, 11) is 0. The van der Waals surface area contributed by atoms with Crippen LogP contribution in [0.4, 0.5) is 15.8 Å². The third kappa shape index (κ3) is 3.29. The van der Waals surface area contributed by atoms with Gasteiger partial charge in [-0.1, -0.05) is 18.3 Å². The Bertz CT molecular complexity index is 618. The highest BCUT2D eigenvalue weighted by atomic mass is 32.1. The normalized spacial score (nSPS) is 10.3. The molecule has 0 radical (unpaired) electrons. The van der Waals surface area contributed by atoms with Gasteiger partial charge in [0.15, 0.2) is 0 Å².